The normalized spacial score (nSPS) is 30.9. The van der Waals surface area contributed by atoms with Crippen molar-refractivity contribution in [2.45, 2.75) is 38.3 Å². The van der Waals surface area contributed by atoms with Crippen LogP contribution in [0.4, 0.5) is 4.79 Å². The lowest BCUT2D eigenvalue weighted by atomic mass is 9.63. The zero-order valence-corrected chi connectivity index (χ0v) is 16.1. The van der Waals surface area contributed by atoms with Gasteiger partial charge in [0.05, 0.1) is 24.5 Å². The molecule has 1 saturated carbocycles. The molecule has 4 rings (SSSR count). The number of aliphatic hydroxyl groups is 1. The molecule has 0 bridgehead atoms. The Morgan fingerprint density at radius 2 is 1.93 bits per heavy atom. The van der Waals surface area contributed by atoms with Crippen LogP contribution in [0.5, 0.6) is 0 Å². The summed E-state index contributed by atoms with van der Waals surface area (Å²) in [7, 11) is 0. The number of hydrogen-bond donors (Lipinski definition) is 2. The fourth-order valence-corrected chi connectivity index (χ4v) is 5.23. The summed E-state index contributed by atoms with van der Waals surface area (Å²) in [6, 6.07) is 8.30. The van der Waals surface area contributed by atoms with E-state index >= 15 is 0 Å². The first kappa shape index (κ1) is 19.6. The quantitative estimate of drug-likeness (QED) is 0.754. The van der Waals surface area contributed by atoms with Crippen LogP contribution in [0.2, 0.25) is 0 Å². The molecule has 1 aromatic carbocycles. The van der Waals surface area contributed by atoms with Crippen LogP contribution in [0, 0.1) is 23.7 Å². The molecule has 1 aliphatic heterocycles. The minimum absolute atomic E-state index is 0.00298. The van der Waals surface area contributed by atoms with Crippen LogP contribution < -0.4 is 0 Å². The van der Waals surface area contributed by atoms with Crippen LogP contribution in [0.15, 0.2) is 42.0 Å². The maximum atomic E-state index is 13.2. The number of allylic oxidation sites excluding steroid dienone is 1. The molecule has 1 aromatic rings. The lowest BCUT2D eigenvalue weighted by Gasteiger charge is -2.39. The summed E-state index contributed by atoms with van der Waals surface area (Å²) in [5.41, 5.74) is 1.83. The van der Waals surface area contributed by atoms with Crippen molar-refractivity contribution in [2.75, 3.05) is 6.61 Å². The van der Waals surface area contributed by atoms with E-state index in [1.54, 1.807) is 12.1 Å². The van der Waals surface area contributed by atoms with Crippen molar-refractivity contribution >= 4 is 18.0 Å². The van der Waals surface area contributed by atoms with Gasteiger partial charge in [0.25, 0.3) is 0 Å². The number of amides is 2. The number of aliphatic hydroxyl groups excluding tert-OH is 1. The van der Waals surface area contributed by atoms with Gasteiger partial charge >= 0.3 is 12.1 Å². The second-order valence-electron chi connectivity index (χ2n) is 8.06. The summed E-state index contributed by atoms with van der Waals surface area (Å²) in [4.78, 5) is 39.0. The average Bonchev–Trinajstić information content (AvgIpc) is 3.02. The van der Waals surface area contributed by atoms with Crippen LogP contribution in [0.25, 0.3) is 0 Å². The van der Waals surface area contributed by atoms with Gasteiger partial charge in [0.1, 0.15) is 6.61 Å². The summed E-state index contributed by atoms with van der Waals surface area (Å²) in [5.74, 6) is -3.95. The molecule has 0 spiro atoms. The predicted octanol–water partition coefficient (Wildman–Crippen LogP) is 2.59. The number of carboxylic acids is 1. The van der Waals surface area contributed by atoms with E-state index in [0.29, 0.717) is 0 Å². The molecule has 0 unspecified atom stereocenters. The van der Waals surface area contributed by atoms with Gasteiger partial charge in [0.15, 0.2) is 0 Å². The zero-order chi connectivity index (χ0) is 20.5. The summed E-state index contributed by atoms with van der Waals surface area (Å²) in [6.45, 7) is -0.420. The number of carbonyl (C=O) groups excluding carboxylic acids is 2. The van der Waals surface area contributed by atoms with E-state index in [1.807, 2.05) is 24.3 Å². The van der Waals surface area contributed by atoms with Gasteiger partial charge in [-0.2, -0.15) is 0 Å². The maximum absolute atomic E-state index is 13.2. The average molecular weight is 399 g/mol. The number of carbonyl (C=O) groups is 3. The lowest BCUT2D eigenvalue weighted by Crippen LogP contribution is -2.43. The standard InChI is InChI=1S/C22H25NO6/c24-11-17-16-10-14-8-4-5-9-15(14)19(21(26)27)18(16)20(25)23(17)22(28)29-12-13-6-2-1-3-7-13/h1-3,6-7,10,15-19,24H,4-5,8-9,11-12H2,(H,26,27)/t15-,16-,17-,18+,19-/m1/s1. The van der Waals surface area contributed by atoms with Gasteiger partial charge in [0.2, 0.25) is 5.91 Å². The molecular weight excluding hydrogens is 374 g/mol. The van der Waals surface area contributed by atoms with Gasteiger partial charge in [-0.05, 0) is 30.7 Å². The molecule has 2 fully saturated rings. The van der Waals surface area contributed by atoms with Crippen molar-refractivity contribution in [1.82, 2.24) is 4.90 Å². The van der Waals surface area contributed by atoms with E-state index in [2.05, 4.69) is 0 Å². The number of imide groups is 1. The van der Waals surface area contributed by atoms with Crippen molar-refractivity contribution in [3.63, 3.8) is 0 Å². The Bertz CT molecular complexity index is 835. The fourth-order valence-electron chi connectivity index (χ4n) is 5.23. The lowest BCUT2D eigenvalue weighted by molar-refractivity contribution is -0.150. The Balaban J connectivity index is 1.60. The summed E-state index contributed by atoms with van der Waals surface area (Å²) >= 11 is 0. The Kier molecular flexibility index (Phi) is 5.41. The molecule has 7 nitrogen and oxygen atoms in total. The van der Waals surface area contributed by atoms with Crippen LogP contribution >= 0.6 is 0 Å². The number of hydrogen-bond acceptors (Lipinski definition) is 5. The van der Waals surface area contributed by atoms with E-state index in [4.69, 9.17) is 4.74 Å². The van der Waals surface area contributed by atoms with Crippen LogP contribution in [-0.2, 0) is 20.9 Å². The number of benzene rings is 1. The smallest absolute Gasteiger partial charge is 0.417 e. The van der Waals surface area contributed by atoms with E-state index in [1.165, 1.54) is 0 Å². The van der Waals surface area contributed by atoms with Crippen LogP contribution in [-0.4, -0.2) is 45.7 Å². The highest BCUT2D eigenvalue weighted by Gasteiger charge is 2.58. The second kappa shape index (κ2) is 7.99. The number of rotatable bonds is 4. The molecule has 154 valence electrons. The Hall–Kier alpha value is -2.67. The largest absolute Gasteiger partial charge is 0.481 e. The molecule has 2 N–H and O–H groups in total. The molecule has 2 amide bonds. The topological polar surface area (TPSA) is 104 Å². The number of carboxylic acid groups (broad SMARTS) is 1. The molecule has 5 atom stereocenters. The molecule has 7 heteroatoms. The number of fused-ring (bicyclic) bond motifs is 2. The van der Waals surface area contributed by atoms with Gasteiger partial charge in [-0.3, -0.25) is 9.59 Å². The molecule has 1 saturated heterocycles. The first-order chi connectivity index (χ1) is 14.0. The summed E-state index contributed by atoms with van der Waals surface area (Å²) in [6.07, 6.45) is 4.59. The van der Waals surface area contributed by atoms with Crippen LogP contribution in [0.3, 0.4) is 0 Å². The first-order valence-corrected chi connectivity index (χ1v) is 10.1. The van der Waals surface area contributed by atoms with Crippen molar-refractivity contribution < 1.29 is 29.3 Å². The highest BCUT2D eigenvalue weighted by molar-refractivity contribution is 5.98. The Morgan fingerprint density at radius 3 is 2.62 bits per heavy atom. The van der Waals surface area contributed by atoms with Gasteiger partial charge in [-0.25, -0.2) is 9.69 Å². The summed E-state index contributed by atoms with van der Waals surface area (Å²) in [5, 5.41) is 19.9. The maximum Gasteiger partial charge on any atom is 0.417 e. The van der Waals surface area contributed by atoms with E-state index in [0.717, 1.165) is 41.7 Å². The zero-order valence-electron chi connectivity index (χ0n) is 16.1. The predicted molar refractivity (Wildman–Crippen MR) is 102 cm³/mol. The van der Waals surface area contributed by atoms with Crippen molar-refractivity contribution in [3.05, 3.63) is 47.5 Å². The van der Waals surface area contributed by atoms with Crippen molar-refractivity contribution in [1.29, 1.82) is 0 Å². The highest BCUT2D eigenvalue weighted by atomic mass is 16.6. The minimum Gasteiger partial charge on any atom is -0.481 e. The number of nitrogens with zero attached hydrogens (tertiary/aromatic N) is 1. The first-order valence-electron chi connectivity index (χ1n) is 10.1. The molecule has 2 aliphatic carbocycles. The number of ether oxygens (including phenoxy) is 1. The number of likely N-dealkylation sites (tertiary alicyclic amines) is 1. The van der Waals surface area contributed by atoms with Crippen LogP contribution in [0.1, 0.15) is 31.2 Å². The molecule has 29 heavy (non-hydrogen) atoms. The fraction of sp³-hybridized carbons (Fsp3) is 0.500. The van der Waals surface area contributed by atoms with Crippen molar-refractivity contribution in [2.24, 2.45) is 23.7 Å². The van der Waals surface area contributed by atoms with Gasteiger partial charge in [0, 0.05) is 5.92 Å². The Morgan fingerprint density at radius 1 is 1.17 bits per heavy atom. The molecular formula is C22H25NO6. The second-order valence-corrected chi connectivity index (χ2v) is 8.06. The third-order valence-corrected chi connectivity index (χ3v) is 6.52. The van der Waals surface area contributed by atoms with Gasteiger partial charge < -0.3 is 14.9 Å². The monoisotopic (exact) mass is 399 g/mol. The van der Waals surface area contributed by atoms with E-state index in [-0.39, 0.29) is 12.5 Å². The third kappa shape index (κ3) is 3.44. The highest BCUT2D eigenvalue weighted by Crippen LogP contribution is 2.50. The third-order valence-electron chi connectivity index (χ3n) is 6.52. The van der Waals surface area contributed by atoms with Gasteiger partial charge in [-0.1, -0.05) is 48.4 Å². The van der Waals surface area contributed by atoms with Gasteiger partial charge in [-0.15, -0.1) is 0 Å². The Labute approximate surface area is 169 Å². The van der Waals surface area contributed by atoms with Crippen molar-refractivity contribution in [3.8, 4) is 0 Å². The number of aliphatic carboxylic acids is 1. The molecule has 0 radical (unpaired) electrons. The molecule has 3 aliphatic rings. The molecule has 0 aromatic heterocycles. The molecule has 1 heterocycles. The minimum atomic E-state index is -1.01. The van der Waals surface area contributed by atoms with E-state index < -0.39 is 48.4 Å². The summed E-state index contributed by atoms with van der Waals surface area (Å²) < 4.78 is 5.32. The SMILES string of the molecule is O=C(O)[C@H]1[C@H]2C(=O)N(C(=O)OCc3ccccc3)[C@H](CO)[C@H]2C=C2CCCC[C@H]21. The van der Waals surface area contributed by atoms with E-state index in [9.17, 15) is 24.6 Å².